The number of hydrogen-bond acceptors (Lipinski definition) is 5. The zero-order valence-electron chi connectivity index (χ0n) is 9.84. The Balaban J connectivity index is 2.31. The summed E-state index contributed by atoms with van der Waals surface area (Å²) in [5.74, 6) is -0.697. The number of allylic oxidation sites excluding steroid dienone is 1. The molecule has 0 amide bonds. The summed E-state index contributed by atoms with van der Waals surface area (Å²) < 4.78 is 5.71. The third-order valence-electron chi connectivity index (χ3n) is 2.29. The number of carbonyl (C=O) groups is 1. The molecule has 2 heterocycles. The van der Waals surface area contributed by atoms with Crippen LogP contribution in [0.3, 0.4) is 0 Å². The van der Waals surface area contributed by atoms with Gasteiger partial charge in [0, 0.05) is 20.8 Å². The molecule has 0 fully saturated rings. The Labute approximate surface area is 121 Å². The number of thiophene rings is 1. The monoisotopic (exact) mass is 340 g/mol. The van der Waals surface area contributed by atoms with Crippen LogP contribution in [0.25, 0.3) is 6.08 Å². The van der Waals surface area contributed by atoms with Crippen molar-refractivity contribution in [2.75, 3.05) is 0 Å². The molecular weight excluding hydrogens is 332 g/mol. The van der Waals surface area contributed by atoms with Crippen LogP contribution in [0.5, 0.6) is 5.75 Å². The van der Waals surface area contributed by atoms with Crippen LogP contribution in [-0.4, -0.2) is 10.9 Å². The molecule has 98 valence electrons. The summed E-state index contributed by atoms with van der Waals surface area (Å²) in [4.78, 5) is 24.3. The largest absolute Gasteiger partial charge is 0.507 e. The van der Waals surface area contributed by atoms with Crippen molar-refractivity contribution in [2.24, 2.45) is 0 Å². The van der Waals surface area contributed by atoms with Gasteiger partial charge in [0.05, 0.1) is 0 Å². The first kappa shape index (κ1) is 13.8. The van der Waals surface area contributed by atoms with E-state index in [1.807, 2.05) is 11.4 Å². The van der Waals surface area contributed by atoms with Gasteiger partial charge >= 0.3 is 5.63 Å². The minimum absolute atomic E-state index is 0.255. The second kappa shape index (κ2) is 5.54. The van der Waals surface area contributed by atoms with E-state index >= 15 is 0 Å². The first-order valence-corrected chi connectivity index (χ1v) is 6.95. The minimum atomic E-state index is -0.834. The average molecular weight is 341 g/mol. The van der Waals surface area contributed by atoms with E-state index in [1.165, 1.54) is 30.4 Å². The number of halogens is 1. The predicted octanol–water partition coefficient (Wildman–Crippen LogP) is 3.37. The van der Waals surface area contributed by atoms with Crippen molar-refractivity contribution < 1.29 is 14.3 Å². The van der Waals surface area contributed by atoms with Crippen LogP contribution in [0.4, 0.5) is 0 Å². The van der Waals surface area contributed by atoms with E-state index in [4.69, 9.17) is 4.42 Å². The van der Waals surface area contributed by atoms with Crippen molar-refractivity contribution >= 4 is 39.1 Å². The number of rotatable bonds is 3. The quantitative estimate of drug-likeness (QED) is 0.687. The highest BCUT2D eigenvalue weighted by Crippen LogP contribution is 2.21. The van der Waals surface area contributed by atoms with Gasteiger partial charge in [-0.3, -0.25) is 4.79 Å². The van der Waals surface area contributed by atoms with Crippen molar-refractivity contribution in [1.82, 2.24) is 0 Å². The number of carbonyl (C=O) groups excluding carboxylic acids is 1. The van der Waals surface area contributed by atoms with Crippen LogP contribution in [0.15, 0.2) is 37.3 Å². The van der Waals surface area contributed by atoms with E-state index in [1.54, 1.807) is 6.08 Å². The van der Waals surface area contributed by atoms with E-state index < -0.39 is 11.4 Å². The molecule has 0 spiro atoms. The number of hydrogen-bond donors (Lipinski definition) is 1. The minimum Gasteiger partial charge on any atom is -0.507 e. The molecule has 0 aliphatic rings. The Kier molecular flexibility index (Phi) is 4.01. The second-order valence-electron chi connectivity index (χ2n) is 3.77. The first-order chi connectivity index (χ1) is 8.97. The smallest absolute Gasteiger partial charge is 0.351 e. The van der Waals surface area contributed by atoms with E-state index in [9.17, 15) is 14.7 Å². The fraction of sp³-hybridized carbons (Fsp3) is 0.0769. The normalized spacial score (nSPS) is 11.1. The molecular formula is C13H9BrO4S. The molecule has 4 nitrogen and oxygen atoms in total. The maximum atomic E-state index is 11.9. The molecule has 19 heavy (non-hydrogen) atoms. The summed E-state index contributed by atoms with van der Waals surface area (Å²) in [6.45, 7) is 1.52. The van der Waals surface area contributed by atoms with Crippen molar-refractivity contribution in [3.05, 3.63) is 54.7 Å². The lowest BCUT2D eigenvalue weighted by molar-refractivity contribution is 0.104. The highest BCUT2D eigenvalue weighted by atomic mass is 79.9. The van der Waals surface area contributed by atoms with Crippen molar-refractivity contribution in [3.8, 4) is 5.75 Å². The van der Waals surface area contributed by atoms with Crippen LogP contribution in [-0.2, 0) is 0 Å². The van der Waals surface area contributed by atoms with Gasteiger partial charge in [-0.25, -0.2) is 4.79 Å². The summed E-state index contributed by atoms with van der Waals surface area (Å²) in [7, 11) is 0. The summed E-state index contributed by atoms with van der Waals surface area (Å²) >= 11 is 4.75. The van der Waals surface area contributed by atoms with Gasteiger partial charge in [0.1, 0.15) is 17.1 Å². The lowest BCUT2D eigenvalue weighted by atomic mass is 10.1. The average Bonchev–Trinajstić information content (AvgIpc) is 2.71. The predicted molar refractivity (Wildman–Crippen MR) is 76.8 cm³/mol. The highest BCUT2D eigenvalue weighted by Gasteiger charge is 2.15. The molecule has 1 N–H and O–H groups in total. The standard InChI is InChI=1S/C13H9BrO4S/c1-7-4-11(16)12(13(17)18-7)10(15)3-2-9-5-8(14)6-19-9/h2-6,16H,1H3. The molecule has 0 bridgehead atoms. The molecule has 0 aliphatic heterocycles. The molecule has 0 radical (unpaired) electrons. The van der Waals surface area contributed by atoms with Gasteiger partial charge in [-0.15, -0.1) is 11.3 Å². The third-order valence-corrected chi connectivity index (χ3v) is 3.95. The Morgan fingerprint density at radius 1 is 1.47 bits per heavy atom. The molecule has 0 unspecified atom stereocenters. The third kappa shape index (κ3) is 3.21. The number of ketones is 1. The Morgan fingerprint density at radius 3 is 2.79 bits per heavy atom. The molecule has 6 heteroatoms. The van der Waals surface area contributed by atoms with Crippen LogP contribution in [0, 0.1) is 6.92 Å². The molecule has 0 saturated carbocycles. The summed E-state index contributed by atoms with van der Waals surface area (Å²) in [5.41, 5.74) is -1.18. The zero-order chi connectivity index (χ0) is 14.0. The Bertz CT molecular complexity index is 712. The molecule has 0 atom stereocenters. The lowest BCUT2D eigenvalue weighted by Crippen LogP contribution is -2.12. The van der Waals surface area contributed by atoms with Crippen LogP contribution < -0.4 is 5.63 Å². The van der Waals surface area contributed by atoms with Crippen molar-refractivity contribution in [1.29, 1.82) is 0 Å². The van der Waals surface area contributed by atoms with Gasteiger partial charge in [-0.2, -0.15) is 0 Å². The molecule has 0 aromatic carbocycles. The molecule has 0 aliphatic carbocycles. The van der Waals surface area contributed by atoms with E-state index in [0.717, 1.165) is 9.35 Å². The van der Waals surface area contributed by atoms with Crippen molar-refractivity contribution in [2.45, 2.75) is 6.92 Å². The molecule has 2 aromatic rings. The SMILES string of the molecule is Cc1cc(O)c(C(=O)C=Cc2cc(Br)cs2)c(=O)o1. The maximum Gasteiger partial charge on any atom is 0.351 e. The van der Waals surface area contributed by atoms with Gasteiger partial charge in [0.25, 0.3) is 0 Å². The van der Waals surface area contributed by atoms with E-state index in [0.29, 0.717) is 0 Å². The van der Waals surface area contributed by atoms with Gasteiger partial charge < -0.3 is 9.52 Å². The summed E-state index contributed by atoms with van der Waals surface area (Å²) in [5, 5.41) is 11.5. The zero-order valence-corrected chi connectivity index (χ0v) is 12.2. The lowest BCUT2D eigenvalue weighted by Gasteiger charge is -1.99. The molecule has 2 aromatic heterocycles. The first-order valence-electron chi connectivity index (χ1n) is 5.27. The van der Waals surface area contributed by atoms with E-state index in [-0.39, 0.29) is 17.1 Å². The maximum absolute atomic E-state index is 11.9. The van der Waals surface area contributed by atoms with Crippen molar-refractivity contribution in [3.63, 3.8) is 0 Å². The fourth-order valence-electron chi connectivity index (χ4n) is 1.48. The van der Waals surface area contributed by atoms with Crippen LogP contribution in [0.1, 0.15) is 21.0 Å². The number of aryl methyl sites for hydroxylation is 1. The fourth-order valence-corrected chi connectivity index (χ4v) is 2.82. The molecule has 2 rings (SSSR count). The van der Waals surface area contributed by atoms with Crippen LogP contribution >= 0.6 is 27.3 Å². The topological polar surface area (TPSA) is 67.5 Å². The summed E-state index contributed by atoms with van der Waals surface area (Å²) in [6, 6.07) is 3.08. The van der Waals surface area contributed by atoms with Crippen LogP contribution in [0.2, 0.25) is 0 Å². The highest BCUT2D eigenvalue weighted by molar-refractivity contribution is 9.10. The Hall–Kier alpha value is -1.66. The van der Waals surface area contributed by atoms with Gasteiger partial charge in [0.2, 0.25) is 0 Å². The second-order valence-corrected chi connectivity index (χ2v) is 5.63. The number of aromatic hydroxyl groups is 1. The summed E-state index contributed by atoms with van der Waals surface area (Å²) in [6.07, 6.45) is 2.82. The molecule has 0 saturated heterocycles. The van der Waals surface area contributed by atoms with E-state index in [2.05, 4.69) is 15.9 Å². The van der Waals surface area contributed by atoms with Gasteiger partial charge in [0.15, 0.2) is 5.78 Å². The Morgan fingerprint density at radius 2 is 2.21 bits per heavy atom. The van der Waals surface area contributed by atoms with Gasteiger partial charge in [-0.1, -0.05) is 0 Å². The van der Waals surface area contributed by atoms with Gasteiger partial charge in [-0.05, 0) is 41.1 Å².